The molecule has 1 unspecified atom stereocenters. The first-order valence-electron chi connectivity index (χ1n) is 8.75. The molecule has 0 bridgehead atoms. The second kappa shape index (κ2) is 7.11. The van der Waals surface area contributed by atoms with Crippen molar-refractivity contribution >= 4 is 16.9 Å². The molecule has 0 radical (unpaired) electrons. The summed E-state index contributed by atoms with van der Waals surface area (Å²) in [5.41, 5.74) is 1.10. The lowest BCUT2D eigenvalue weighted by atomic mass is 10.2. The first-order valence-corrected chi connectivity index (χ1v) is 8.75. The summed E-state index contributed by atoms with van der Waals surface area (Å²) in [6.45, 7) is 3.29. The van der Waals surface area contributed by atoms with Crippen LogP contribution in [0.15, 0.2) is 63.8 Å². The molecule has 0 aliphatic carbocycles. The average Bonchev–Trinajstić information content (AvgIpc) is 3.10. The van der Waals surface area contributed by atoms with E-state index in [1.54, 1.807) is 38.1 Å². The van der Waals surface area contributed by atoms with E-state index >= 15 is 0 Å². The van der Waals surface area contributed by atoms with Gasteiger partial charge in [-0.2, -0.15) is 0 Å². The minimum atomic E-state index is -0.763. The Morgan fingerprint density at radius 3 is 2.57 bits per heavy atom. The molecule has 2 aromatic heterocycles. The molecule has 0 saturated carbocycles. The maximum Gasteiger partial charge on any atom is 0.361 e. The number of nitrogens with one attached hydrogen (secondary N) is 1. The van der Waals surface area contributed by atoms with E-state index in [1.807, 2.05) is 30.3 Å². The van der Waals surface area contributed by atoms with Crippen LogP contribution in [-0.2, 0) is 4.74 Å². The topological polar surface area (TPSA) is 98.1 Å². The molecule has 140 valence electrons. The van der Waals surface area contributed by atoms with Crippen molar-refractivity contribution in [2.75, 3.05) is 0 Å². The molecule has 2 heterocycles. The smallest absolute Gasteiger partial charge is 0.361 e. The number of aromatic nitrogens is 3. The zero-order valence-corrected chi connectivity index (χ0v) is 15.3. The number of para-hydroxylation sites is 1. The Balaban J connectivity index is 1.59. The molecule has 7 heteroatoms. The highest BCUT2D eigenvalue weighted by atomic mass is 16.5. The molecule has 28 heavy (non-hydrogen) atoms. The minimum absolute atomic E-state index is 0.0915. The van der Waals surface area contributed by atoms with Gasteiger partial charge in [0.15, 0.2) is 17.6 Å². The van der Waals surface area contributed by atoms with Crippen molar-refractivity contribution in [2.45, 2.75) is 20.0 Å². The van der Waals surface area contributed by atoms with Crippen molar-refractivity contribution in [3.63, 3.8) is 0 Å². The second-order valence-corrected chi connectivity index (χ2v) is 6.31. The van der Waals surface area contributed by atoms with Crippen LogP contribution < -0.4 is 5.56 Å². The summed E-state index contributed by atoms with van der Waals surface area (Å²) in [4.78, 5) is 36.1. The van der Waals surface area contributed by atoms with Crippen LogP contribution in [0.1, 0.15) is 35.1 Å². The van der Waals surface area contributed by atoms with Crippen molar-refractivity contribution < 1.29 is 13.9 Å². The Bertz CT molecular complexity index is 1210. The summed E-state index contributed by atoms with van der Waals surface area (Å²) in [6.07, 6.45) is -0.763. The number of oxazole rings is 1. The van der Waals surface area contributed by atoms with Crippen molar-refractivity contribution in [3.05, 3.63) is 82.2 Å². The molecule has 0 fully saturated rings. The van der Waals surface area contributed by atoms with Gasteiger partial charge in [0.1, 0.15) is 5.76 Å². The summed E-state index contributed by atoms with van der Waals surface area (Å²) in [5.74, 6) is 0.319. The number of H-pyrrole nitrogens is 1. The van der Waals surface area contributed by atoms with E-state index in [9.17, 15) is 9.59 Å². The number of carbonyl (C=O) groups excluding carboxylic acids is 1. The number of rotatable bonds is 4. The Kier molecular flexibility index (Phi) is 4.49. The van der Waals surface area contributed by atoms with Gasteiger partial charge in [-0.15, -0.1) is 0 Å². The number of ether oxygens (including phenoxy) is 1. The molecular formula is C21H17N3O4. The van der Waals surface area contributed by atoms with Crippen LogP contribution in [0.4, 0.5) is 0 Å². The van der Waals surface area contributed by atoms with E-state index in [1.165, 1.54) is 0 Å². The van der Waals surface area contributed by atoms with Gasteiger partial charge in [0, 0.05) is 5.56 Å². The number of fused-ring (bicyclic) bond motifs is 1. The fourth-order valence-corrected chi connectivity index (χ4v) is 2.86. The average molecular weight is 375 g/mol. The quantitative estimate of drug-likeness (QED) is 0.545. The molecule has 0 amide bonds. The lowest BCUT2D eigenvalue weighted by Gasteiger charge is -2.12. The molecule has 1 atom stereocenters. The van der Waals surface area contributed by atoms with Gasteiger partial charge in [-0.25, -0.2) is 14.8 Å². The van der Waals surface area contributed by atoms with E-state index in [0.717, 1.165) is 5.56 Å². The monoisotopic (exact) mass is 375 g/mol. The molecule has 0 aliphatic rings. The summed E-state index contributed by atoms with van der Waals surface area (Å²) in [5, 5.41) is 0.477. The van der Waals surface area contributed by atoms with Crippen molar-refractivity contribution in [1.82, 2.24) is 15.0 Å². The predicted molar refractivity (Wildman–Crippen MR) is 103 cm³/mol. The highest BCUT2D eigenvalue weighted by molar-refractivity contribution is 5.89. The van der Waals surface area contributed by atoms with Crippen LogP contribution in [0.3, 0.4) is 0 Å². The maximum atomic E-state index is 12.6. The van der Waals surface area contributed by atoms with Crippen LogP contribution in [-0.4, -0.2) is 20.9 Å². The van der Waals surface area contributed by atoms with Crippen molar-refractivity contribution in [3.8, 4) is 11.5 Å². The zero-order valence-electron chi connectivity index (χ0n) is 15.3. The minimum Gasteiger partial charge on any atom is -0.450 e. The third-order valence-corrected chi connectivity index (χ3v) is 4.31. The fourth-order valence-electron chi connectivity index (χ4n) is 2.86. The van der Waals surface area contributed by atoms with Gasteiger partial charge in [-0.05, 0) is 38.1 Å². The molecular weight excluding hydrogens is 358 g/mol. The normalized spacial score (nSPS) is 12.1. The summed E-state index contributed by atoms with van der Waals surface area (Å²) < 4.78 is 11.1. The lowest BCUT2D eigenvalue weighted by molar-refractivity contribution is 0.0312. The van der Waals surface area contributed by atoms with Gasteiger partial charge in [0.05, 0.1) is 10.9 Å². The highest BCUT2D eigenvalue weighted by Gasteiger charge is 2.23. The lowest BCUT2D eigenvalue weighted by Crippen LogP contribution is -2.18. The number of carbonyl (C=O) groups is 1. The first kappa shape index (κ1) is 17.7. The number of benzene rings is 2. The van der Waals surface area contributed by atoms with Gasteiger partial charge in [0.2, 0.25) is 5.89 Å². The number of aromatic amines is 1. The van der Waals surface area contributed by atoms with Crippen LogP contribution in [0.5, 0.6) is 0 Å². The third kappa shape index (κ3) is 3.29. The fraction of sp³-hybridized carbons (Fsp3) is 0.143. The highest BCUT2D eigenvalue weighted by Crippen LogP contribution is 2.23. The zero-order chi connectivity index (χ0) is 19.7. The number of hydrogen-bond acceptors (Lipinski definition) is 6. The summed E-state index contributed by atoms with van der Waals surface area (Å²) >= 11 is 0. The summed E-state index contributed by atoms with van der Waals surface area (Å²) in [7, 11) is 0. The molecule has 0 aliphatic heterocycles. The van der Waals surface area contributed by atoms with E-state index in [-0.39, 0.29) is 17.1 Å². The van der Waals surface area contributed by atoms with Gasteiger partial charge in [-0.1, -0.05) is 30.3 Å². The second-order valence-electron chi connectivity index (χ2n) is 6.31. The van der Waals surface area contributed by atoms with Crippen LogP contribution in [0.2, 0.25) is 0 Å². The predicted octanol–water partition coefficient (Wildman–Crippen LogP) is 3.80. The van der Waals surface area contributed by atoms with Gasteiger partial charge in [-0.3, -0.25) is 4.79 Å². The maximum absolute atomic E-state index is 12.6. The van der Waals surface area contributed by atoms with Gasteiger partial charge >= 0.3 is 5.97 Å². The number of aryl methyl sites for hydroxylation is 1. The number of esters is 1. The van der Waals surface area contributed by atoms with E-state index in [4.69, 9.17) is 9.15 Å². The molecule has 2 aromatic carbocycles. The molecule has 4 aromatic rings. The Morgan fingerprint density at radius 1 is 1.07 bits per heavy atom. The van der Waals surface area contributed by atoms with E-state index in [0.29, 0.717) is 22.6 Å². The van der Waals surface area contributed by atoms with Gasteiger partial charge < -0.3 is 14.1 Å². The van der Waals surface area contributed by atoms with Crippen LogP contribution >= 0.6 is 0 Å². The Morgan fingerprint density at radius 2 is 1.79 bits per heavy atom. The Hall–Kier alpha value is -3.74. The van der Waals surface area contributed by atoms with Crippen molar-refractivity contribution in [2.24, 2.45) is 0 Å². The first-order chi connectivity index (χ1) is 13.5. The molecule has 0 spiro atoms. The largest absolute Gasteiger partial charge is 0.450 e. The molecule has 7 nitrogen and oxygen atoms in total. The SMILES string of the molecule is Cc1oc(-c2ccccc2)nc1C(=O)OC(C)c1nc2ccccc2c(=O)[nH]1. The number of nitrogens with zero attached hydrogens (tertiary/aromatic N) is 2. The summed E-state index contributed by atoms with van der Waals surface area (Å²) in [6, 6.07) is 16.3. The Labute approximate surface area is 160 Å². The molecule has 0 saturated heterocycles. The van der Waals surface area contributed by atoms with Gasteiger partial charge in [0.25, 0.3) is 5.56 Å². The van der Waals surface area contributed by atoms with Crippen molar-refractivity contribution in [1.29, 1.82) is 0 Å². The third-order valence-electron chi connectivity index (χ3n) is 4.31. The molecule has 1 N–H and O–H groups in total. The number of hydrogen-bond donors (Lipinski definition) is 1. The van der Waals surface area contributed by atoms with E-state index in [2.05, 4.69) is 15.0 Å². The van der Waals surface area contributed by atoms with Crippen LogP contribution in [0.25, 0.3) is 22.4 Å². The standard InChI is InChI=1S/C21H17N3O4/c1-12-17(23-20(27-12)14-8-4-3-5-9-14)21(26)28-13(2)18-22-16-11-7-6-10-15(16)19(25)24-18/h3-11,13H,1-2H3,(H,22,24,25). The molecule has 4 rings (SSSR count). The van der Waals surface area contributed by atoms with E-state index < -0.39 is 12.1 Å². The van der Waals surface area contributed by atoms with Crippen LogP contribution in [0, 0.1) is 6.92 Å².